The van der Waals surface area contributed by atoms with Crippen LogP contribution < -0.4 is 0 Å². The molecule has 0 saturated heterocycles. The van der Waals surface area contributed by atoms with E-state index in [-0.39, 0.29) is 5.38 Å². The maximum absolute atomic E-state index is 9.73. The first-order valence-electron chi connectivity index (χ1n) is 5.95. The highest BCUT2D eigenvalue weighted by Crippen LogP contribution is 2.12. The van der Waals surface area contributed by atoms with Crippen molar-refractivity contribution in [3.05, 3.63) is 36.5 Å². The molecule has 0 heterocycles. The Morgan fingerprint density at radius 1 is 1.18 bits per heavy atom. The third kappa shape index (κ3) is 9.93. The van der Waals surface area contributed by atoms with Crippen LogP contribution in [0.4, 0.5) is 0 Å². The Hall–Kier alpha value is -0.970. The van der Waals surface area contributed by atoms with Crippen LogP contribution in [0.5, 0.6) is 0 Å². The van der Waals surface area contributed by atoms with E-state index >= 15 is 0 Å². The molecule has 1 N–H and O–H groups in total. The van der Waals surface area contributed by atoms with Crippen molar-refractivity contribution in [1.82, 2.24) is 0 Å². The highest BCUT2D eigenvalue weighted by molar-refractivity contribution is 6.21. The maximum Gasteiger partial charge on any atom is 0.0741 e. The van der Waals surface area contributed by atoms with Crippen LogP contribution in [0.3, 0.4) is 0 Å². The minimum absolute atomic E-state index is 0.282. The molecule has 0 aromatic carbocycles. The summed E-state index contributed by atoms with van der Waals surface area (Å²) in [5, 5.41) is 9.45. The van der Waals surface area contributed by atoms with Gasteiger partial charge >= 0.3 is 0 Å². The minimum atomic E-state index is -0.523. The molecule has 2 heteroatoms. The molecular formula is C15H21ClO. The summed E-state index contributed by atoms with van der Waals surface area (Å²) in [7, 11) is 0. The summed E-state index contributed by atoms with van der Waals surface area (Å²) in [6.45, 7) is 2.10. The van der Waals surface area contributed by atoms with Crippen molar-refractivity contribution in [3.8, 4) is 12.3 Å². The first kappa shape index (κ1) is 16.0. The van der Waals surface area contributed by atoms with E-state index in [4.69, 9.17) is 18.0 Å². The molecule has 94 valence electrons. The second-order valence-electron chi connectivity index (χ2n) is 3.71. The lowest BCUT2D eigenvalue weighted by atomic mass is 10.1. The van der Waals surface area contributed by atoms with Gasteiger partial charge < -0.3 is 5.11 Å². The van der Waals surface area contributed by atoms with Gasteiger partial charge in [-0.25, -0.2) is 0 Å². The molecule has 2 unspecified atom stereocenters. The molecule has 0 aliphatic rings. The number of hydrogen-bond donors (Lipinski definition) is 1. The fraction of sp³-hybridized carbons (Fsp3) is 0.467. The zero-order valence-corrected chi connectivity index (χ0v) is 11.1. The molecule has 0 aromatic rings. The molecule has 0 bridgehead atoms. The normalized spacial score (nSPS) is 15.6. The van der Waals surface area contributed by atoms with Crippen molar-refractivity contribution in [3.63, 3.8) is 0 Å². The number of alkyl halides is 1. The lowest BCUT2D eigenvalue weighted by Crippen LogP contribution is -2.19. The van der Waals surface area contributed by atoms with Crippen LogP contribution >= 0.6 is 11.6 Å². The number of terminal acetylenes is 1. The molecule has 0 fully saturated rings. The summed E-state index contributed by atoms with van der Waals surface area (Å²) >= 11 is 6.01. The molecular weight excluding hydrogens is 232 g/mol. The van der Waals surface area contributed by atoms with Gasteiger partial charge in [-0.2, -0.15) is 0 Å². The van der Waals surface area contributed by atoms with Gasteiger partial charge in [-0.3, -0.25) is 0 Å². The summed E-state index contributed by atoms with van der Waals surface area (Å²) in [5.74, 6) is 2.39. The number of rotatable bonds is 8. The van der Waals surface area contributed by atoms with Crippen molar-refractivity contribution in [2.75, 3.05) is 0 Å². The molecule has 0 amide bonds. The van der Waals surface area contributed by atoms with Gasteiger partial charge in [0.2, 0.25) is 0 Å². The summed E-state index contributed by atoms with van der Waals surface area (Å²) in [5.41, 5.74) is 0. The molecule has 17 heavy (non-hydrogen) atoms. The fourth-order valence-corrected chi connectivity index (χ4v) is 1.45. The van der Waals surface area contributed by atoms with Crippen molar-refractivity contribution in [2.45, 2.75) is 44.1 Å². The van der Waals surface area contributed by atoms with E-state index in [0.717, 1.165) is 12.8 Å². The zero-order chi connectivity index (χ0) is 12.9. The Balaban J connectivity index is 3.77. The van der Waals surface area contributed by atoms with Crippen LogP contribution in [0.1, 0.15) is 32.6 Å². The van der Waals surface area contributed by atoms with E-state index < -0.39 is 6.10 Å². The summed E-state index contributed by atoms with van der Waals surface area (Å²) < 4.78 is 0. The summed E-state index contributed by atoms with van der Waals surface area (Å²) in [4.78, 5) is 0. The zero-order valence-electron chi connectivity index (χ0n) is 10.3. The highest BCUT2D eigenvalue weighted by atomic mass is 35.5. The summed E-state index contributed by atoms with van der Waals surface area (Å²) in [6.07, 6.45) is 19.3. The van der Waals surface area contributed by atoms with Gasteiger partial charge in [0, 0.05) is 0 Å². The Labute approximate surface area is 110 Å². The third-order valence-electron chi connectivity index (χ3n) is 2.21. The van der Waals surface area contributed by atoms with Crippen LogP contribution in [-0.4, -0.2) is 16.6 Å². The largest absolute Gasteiger partial charge is 0.391 e. The second kappa shape index (κ2) is 11.5. The lowest BCUT2D eigenvalue weighted by molar-refractivity contribution is 0.172. The van der Waals surface area contributed by atoms with Crippen molar-refractivity contribution in [1.29, 1.82) is 0 Å². The topological polar surface area (TPSA) is 20.2 Å². The van der Waals surface area contributed by atoms with Crippen LogP contribution in [0.2, 0.25) is 0 Å². The average molecular weight is 253 g/mol. The van der Waals surface area contributed by atoms with Crippen molar-refractivity contribution in [2.24, 2.45) is 0 Å². The van der Waals surface area contributed by atoms with Gasteiger partial charge in [0.05, 0.1) is 11.5 Å². The Morgan fingerprint density at radius 2 is 1.88 bits per heavy atom. The number of hydrogen-bond acceptors (Lipinski definition) is 1. The molecule has 2 atom stereocenters. The van der Waals surface area contributed by atoms with Crippen LogP contribution in [0.25, 0.3) is 0 Å². The lowest BCUT2D eigenvalue weighted by Gasteiger charge is -2.12. The van der Waals surface area contributed by atoms with E-state index in [2.05, 4.69) is 25.0 Å². The second-order valence-corrected chi connectivity index (χ2v) is 4.27. The number of aliphatic hydroxyl groups is 1. The molecule has 0 rings (SSSR count). The van der Waals surface area contributed by atoms with E-state index in [1.165, 1.54) is 0 Å². The quantitative estimate of drug-likeness (QED) is 0.395. The van der Waals surface area contributed by atoms with Crippen LogP contribution in [-0.2, 0) is 0 Å². The predicted molar refractivity (Wildman–Crippen MR) is 76.0 cm³/mol. The van der Waals surface area contributed by atoms with E-state index in [1.54, 1.807) is 12.2 Å². The van der Waals surface area contributed by atoms with E-state index in [9.17, 15) is 5.11 Å². The third-order valence-corrected chi connectivity index (χ3v) is 2.68. The molecule has 0 spiro atoms. The first-order valence-corrected chi connectivity index (χ1v) is 6.39. The van der Waals surface area contributed by atoms with E-state index in [1.807, 2.05) is 12.2 Å². The number of aliphatic hydroxyl groups excluding tert-OH is 1. The van der Waals surface area contributed by atoms with Gasteiger partial charge in [0.25, 0.3) is 0 Å². The molecule has 1 nitrogen and oxygen atoms in total. The summed E-state index contributed by atoms with van der Waals surface area (Å²) in [6, 6.07) is 0. The maximum atomic E-state index is 9.73. The Bertz CT molecular complexity index is 297. The highest BCUT2D eigenvalue weighted by Gasteiger charge is 2.12. The Kier molecular flexibility index (Phi) is 10.9. The fourth-order valence-electron chi connectivity index (χ4n) is 1.24. The minimum Gasteiger partial charge on any atom is -0.391 e. The first-order chi connectivity index (χ1) is 8.22. The molecule has 0 aliphatic heterocycles. The predicted octanol–water partition coefficient (Wildman–Crippen LogP) is 3.84. The molecule has 0 aromatic heterocycles. The van der Waals surface area contributed by atoms with E-state index in [0.29, 0.717) is 12.8 Å². The molecule has 0 radical (unpaired) electrons. The average Bonchev–Trinajstić information content (AvgIpc) is 2.33. The van der Waals surface area contributed by atoms with Gasteiger partial charge in [0.1, 0.15) is 0 Å². The van der Waals surface area contributed by atoms with Crippen LogP contribution in [0.15, 0.2) is 36.5 Å². The smallest absolute Gasteiger partial charge is 0.0741 e. The van der Waals surface area contributed by atoms with Gasteiger partial charge in [-0.05, 0) is 31.8 Å². The van der Waals surface area contributed by atoms with Crippen LogP contribution in [0, 0.1) is 12.3 Å². The number of halogens is 1. The monoisotopic (exact) mass is 252 g/mol. The van der Waals surface area contributed by atoms with Gasteiger partial charge in [-0.15, -0.1) is 18.0 Å². The molecule has 0 aliphatic carbocycles. The molecule has 0 saturated carbocycles. The van der Waals surface area contributed by atoms with Gasteiger partial charge in [0.15, 0.2) is 0 Å². The number of allylic oxidation sites excluding steroid dienone is 5. The Morgan fingerprint density at radius 3 is 2.53 bits per heavy atom. The van der Waals surface area contributed by atoms with Gasteiger partial charge in [-0.1, -0.05) is 43.2 Å². The van der Waals surface area contributed by atoms with Crippen molar-refractivity contribution >= 4 is 11.6 Å². The van der Waals surface area contributed by atoms with Crippen molar-refractivity contribution < 1.29 is 5.11 Å². The SMILES string of the molecule is C#CC=CCC(Cl)C(O)CC=CCC=CCC. The standard InChI is InChI=1S/C15H21ClO/c1-3-5-7-8-9-11-13-15(17)14(16)12-10-6-4-2/h2,5-7,9-11,14-15,17H,3,8,12-13H2,1H3.